The number of aldehydes is 1. The Balaban J connectivity index is 1.40. The summed E-state index contributed by atoms with van der Waals surface area (Å²) >= 11 is 0. The summed E-state index contributed by atoms with van der Waals surface area (Å²) < 4.78 is 27.1. The monoisotopic (exact) mass is 360 g/mol. The van der Waals surface area contributed by atoms with Crippen LogP contribution in [-0.4, -0.2) is 6.29 Å². The summed E-state index contributed by atoms with van der Waals surface area (Å²) in [5.41, 5.74) is 0.844. The van der Waals surface area contributed by atoms with Gasteiger partial charge in [0.15, 0.2) is 0 Å². The molecule has 6 unspecified atom stereocenters. The molecule has 0 bridgehead atoms. The molecular formula is C23H30F2O. The predicted octanol–water partition coefficient (Wildman–Crippen LogP) is 6.27. The quantitative estimate of drug-likeness (QED) is 0.581. The van der Waals surface area contributed by atoms with Gasteiger partial charge in [-0.25, -0.2) is 8.78 Å². The average molecular weight is 360 g/mol. The van der Waals surface area contributed by atoms with Gasteiger partial charge in [0, 0.05) is 12.0 Å². The van der Waals surface area contributed by atoms with Crippen LogP contribution in [0, 0.1) is 41.2 Å². The number of rotatable bonds is 3. The lowest BCUT2D eigenvalue weighted by atomic mass is 9.59. The molecule has 3 saturated carbocycles. The fourth-order valence-electron chi connectivity index (χ4n) is 6.37. The zero-order valence-electron chi connectivity index (χ0n) is 15.5. The average Bonchev–Trinajstić information content (AvgIpc) is 2.66. The molecule has 0 spiro atoms. The molecule has 26 heavy (non-hydrogen) atoms. The first kappa shape index (κ1) is 18.1. The van der Waals surface area contributed by atoms with Gasteiger partial charge in [-0.3, -0.25) is 0 Å². The van der Waals surface area contributed by atoms with Gasteiger partial charge in [0.05, 0.1) is 0 Å². The lowest BCUT2D eigenvalue weighted by molar-refractivity contribution is -0.114. The summed E-state index contributed by atoms with van der Waals surface area (Å²) in [5, 5.41) is 0. The van der Waals surface area contributed by atoms with Crippen molar-refractivity contribution in [1.82, 2.24) is 0 Å². The van der Waals surface area contributed by atoms with Gasteiger partial charge in [-0.05, 0) is 98.7 Å². The van der Waals surface area contributed by atoms with Crippen molar-refractivity contribution < 1.29 is 13.6 Å². The minimum Gasteiger partial charge on any atom is -0.303 e. The summed E-state index contributed by atoms with van der Waals surface area (Å²) in [6.07, 6.45) is 13.1. The van der Waals surface area contributed by atoms with E-state index in [-0.39, 0.29) is 5.92 Å². The Hall–Kier alpha value is -1.25. The van der Waals surface area contributed by atoms with Gasteiger partial charge in [-0.2, -0.15) is 0 Å². The summed E-state index contributed by atoms with van der Waals surface area (Å²) in [7, 11) is 0. The molecule has 0 aromatic heterocycles. The maximum Gasteiger partial charge on any atom is 0.126 e. The Morgan fingerprint density at radius 1 is 0.769 bits per heavy atom. The minimum atomic E-state index is -0.456. The van der Waals surface area contributed by atoms with Crippen LogP contribution in [0.4, 0.5) is 8.78 Å². The van der Waals surface area contributed by atoms with Crippen molar-refractivity contribution in [3.05, 3.63) is 35.4 Å². The standard InChI is InChI=1S/C23H30F2O/c24-21-11-20(12-22(25)13-21)17-6-5-16-10-18(8-7-15(16)9-17)23-4-2-1-3-19(23)14-26/h11-19,23H,1-10H2. The molecular weight excluding hydrogens is 330 g/mol. The number of benzene rings is 1. The zero-order valence-corrected chi connectivity index (χ0v) is 15.5. The van der Waals surface area contributed by atoms with E-state index in [4.69, 9.17) is 0 Å². The molecule has 0 amide bonds. The van der Waals surface area contributed by atoms with E-state index in [2.05, 4.69) is 0 Å². The van der Waals surface area contributed by atoms with Crippen LogP contribution in [0.1, 0.15) is 75.7 Å². The third-order valence-electron chi connectivity index (χ3n) is 7.67. The van der Waals surface area contributed by atoms with E-state index in [0.29, 0.717) is 17.8 Å². The first-order chi connectivity index (χ1) is 12.6. The molecule has 0 radical (unpaired) electrons. The van der Waals surface area contributed by atoms with Crippen LogP contribution in [0.2, 0.25) is 0 Å². The van der Waals surface area contributed by atoms with Crippen LogP contribution in [0.3, 0.4) is 0 Å². The number of hydrogen-bond donors (Lipinski definition) is 0. The zero-order chi connectivity index (χ0) is 18.1. The Morgan fingerprint density at radius 3 is 2.19 bits per heavy atom. The predicted molar refractivity (Wildman–Crippen MR) is 98.8 cm³/mol. The van der Waals surface area contributed by atoms with E-state index in [0.717, 1.165) is 42.7 Å². The Bertz CT molecular complexity index is 623. The Labute approximate surface area is 155 Å². The maximum atomic E-state index is 13.6. The second-order valence-electron chi connectivity index (χ2n) is 9.05. The van der Waals surface area contributed by atoms with Gasteiger partial charge < -0.3 is 4.79 Å². The van der Waals surface area contributed by atoms with Crippen molar-refractivity contribution >= 4 is 6.29 Å². The lowest BCUT2D eigenvalue weighted by Crippen LogP contribution is -2.36. The van der Waals surface area contributed by atoms with Gasteiger partial charge in [0.2, 0.25) is 0 Å². The van der Waals surface area contributed by atoms with Crippen molar-refractivity contribution in [1.29, 1.82) is 0 Å². The molecule has 142 valence electrons. The van der Waals surface area contributed by atoms with E-state index in [1.165, 1.54) is 63.4 Å². The van der Waals surface area contributed by atoms with Gasteiger partial charge in [-0.1, -0.05) is 12.8 Å². The molecule has 4 rings (SSSR count). The molecule has 3 fully saturated rings. The van der Waals surface area contributed by atoms with Crippen molar-refractivity contribution in [3.8, 4) is 0 Å². The maximum absolute atomic E-state index is 13.6. The summed E-state index contributed by atoms with van der Waals surface area (Å²) in [6, 6.07) is 4.01. The minimum absolute atomic E-state index is 0.289. The van der Waals surface area contributed by atoms with Crippen molar-refractivity contribution in [2.75, 3.05) is 0 Å². The summed E-state index contributed by atoms with van der Waals surface area (Å²) in [6.45, 7) is 0. The third kappa shape index (κ3) is 3.73. The highest BCUT2D eigenvalue weighted by Crippen LogP contribution is 2.51. The fourth-order valence-corrected chi connectivity index (χ4v) is 6.37. The fraction of sp³-hybridized carbons (Fsp3) is 0.696. The summed E-state index contributed by atoms with van der Waals surface area (Å²) in [4.78, 5) is 11.5. The normalized spacial score (nSPS) is 37.8. The molecule has 0 saturated heterocycles. The van der Waals surface area contributed by atoms with Crippen LogP contribution in [-0.2, 0) is 4.79 Å². The number of hydrogen-bond acceptors (Lipinski definition) is 1. The van der Waals surface area contributed by atoms with Crippen LogP contribution in [0.5, 0.6) is 0 Å². The van der Waals surface area contributed by atoms with Gasteiger partial charge >= 0.3 is 0 Å². The highest BCUT2D eigenvalue weighted by atomic mass is 19.1. The molecule has 0 aliphatic heterocycles. The SMILES string of the molecule is O=CC1CCCCC1C1CCC2CC(c3cc(F)cc(F)c3)CCC2C1. The summed E-state index contributed by atoms with van der Waals surface area (Å²) in [5.74, 6) is 2.44. The number of carbonyl (C=O) groups is 1. The molecule has 1 aromatic carbocycles. The molecule has 3 aliphatic rings. The Morgan fingerprint density at radius 2 is 1.42 bits per heavy atom. The van der Waals surface area contributed by atoms with Gasteiger partial charge in [0.25, 0.3) is 0 Å². The highest BCUT2D eigenvalue weighted by molar-refractivity contribution is 5.54. The molecule has 3 aliphatic carbocycles. The van der Waals surface area contributed by atoms with Crippen molar-refractivity contribution in [2.45, 2.75) is 70.1 Å². The van der Waals surface area contributed by atoms with E-state index in [9.17, 15) is 13.6 Å². The number of carbonyl (C=O) groups excluding carboxylic acids is 1. The molecule has 6 atom stereocenters. The topological polar surface area (TPSA) is 17.1 Å². The molecule has 0 N–H and O–H groups in total. The van der Waals surface area contributed by atoms with Crippen molar-refractivity contribution in [3.63, 3.8) is 0 Å². The molecule has 1 aromatic rings. The highest BCUT2D eigenvalue weighted by Gasteiger charge is 2.40. The largest absolute Gasteiger partial charge is 0.303 e. The first-order valence-electron chi connectivity index (χ1n) is 10.6. The lowest BCUT2D eigenvalue weighted by Gasteiger charge is -2.46. The number of fused-ring (bicyclic) bond motifs is 1. The smallest absolute Gasteiger partial charge is 0.126 e. The third-order valence-corrected chi connectivity index (χ3v) is 7.67. The first-order valence-corrected chi connectivity index (χ1v) is 10.6. The van der Waals surface area contributed by atoms with E-state index >= 15 is 0 Å². The van der Waals surface area contributed by atoms with Gasteiger partial charge in [-0.15, -0.1) is 0 Å². The second kappa shape index (κ2) is 7.78. The van der Waals surface area contributed by atoms with Crippen molar-refractivity contribution in [2.24, 2.45) is 29.6 Å². The van der Waals surface area contributed by atoms with Crippen LogP contribution >= 0.6 is 0 Å². The van der Waals surface area contributed by atoms with E-state index in [1.807, 2.05) is 0 Å². The van der Waals surface area contributed by atoms with Crippen LogP contribution < -0.4 is 0 Å². The van der Waals surface area contributed by atoms with E-state index in [1.54, 1.807) is 0 Å². The number of halogens is 2. The second-order valence-corrected chi connectivity index (χ2v) is 9.05. The van der Waals surface area contributed by atoms with Crippen LogP contribution in [0.15, 0.2) is 18.2 Å². The molecule has 0 heterocycles. The van der Waals surface area contributed by atoms with E-state index < -0.39 is 11.6 Å². The molecule has 3 heteroatoms. The van der Waals surface area contributed by atoms with Gasteiger partial charge in [0.1, 0.15) is 17.9 Å². The molecule has 1 nitrogen and oxygen atoms in total. The van der Waals surface area contributed by atoms with Crippen LogP contribution in [0.25, 0.3) is 0 Å². The Kier molecular flexibility index (Phi) is 5.42.